The van der Waals surface area contributed by atoms with Gasteiger partial charge in [0.1, 0.15) is 0 Å². The highest BCUT2D eigenvalue weighted by Gasteiger charge is 2.26. The zero-order valence-electron chi connectivity index (χ0n) is 6.53. The van der Waals surface area contributed by atoms with Crippen LogP contribution in [0.25, 0.3) is 0 Å². The highest BCUT2D eigenvalue weighted by Crippen LogP contribution is 2.19. The Morgan fingerprint density at radius 1 is 1.73 bits per heavy atom. The van der Waals surface area contributed by atoms with Crippen LogP contribution in [0.3, 0.4) is 0 Å². The molecular formula is C9H12O2. The first-order valence-electron chi connectivity index (χ1n) is 3.77. The Bertz CT molecular complexity index is 204. The normalized spacial score (nSPS) is 30.5. The molecule has 0 amide bonds. The summed E-state index contributed by atoms with van der Waals surface area (Å²) < 4.78 is 0. The lowest BCUT2D eigenvalue weighted by Crippen LogP contribution is -2.18. The summed E-state index contributed by atoms with van der Waals surface area (Å²) in [5.41, 5.74) is 0. The summed E-state index contributed by atoms with van der Waals surface area (Å²) in [5, 5.41) is 9.24. The molecule has 0 aromatic carbocycles. The molecule has 2 nitrogen and oxygen atoms in total. The number of allylic oxidation sites excluding steroid dienone is 3. The van der Waals surface area contributed by atoms with E-state index in [-0.39, 0.29) is 11.7 Å². The molecule has 60 valence electrons. The van der Waals surface area contributed by atoms with Crippen LogP contribution in [0.15, 0.2) is 24.3 Å². The third-order valence-corrected chi connectivity index (χ3v) is 1.86. The van der Waals surface area contributed by atoms with Gasteiger partial charge in [0, 0.05) is 0 Å². The minimum absolute atomic E-state index is 0.0376. The van der Waals surface area contributed by atoms with Gasteiger partial charge in [-0.15, -0.1) is 0 Å². The first kappa shape index (κ1) is 8.21. The number of hydrogen-bond acceptors (Lipinski definition) is 2. The number of aliphatic hydroxyl groups excluding tert-OH is 1. The molecule has 11 heavy (non-hydrogen) atoms. The first-order valence-corrected chi connectivity index (χ1v) is 3.77. The van der Waals surface area contributed by atoms with Crippen LogP contribution >= 0.6 is 0 Å². The van der Waals surface area contributed by atoms with E-state index in [1.807, 2.05) is 19.1 Å². The van der Waals surface area contributed by atoms with Crippen LogP contribution < -0.4 is 0 Å². The Hall–Kier alpha value is -0.890. The van der Waals surface area contributed by atoms with E-state index in [1.165, 1.54) is 6.08 Å². The summed E-state index contributed by atoms with van der Waals surface area (Å²) in [6.07, 6.45) is 6.87. The van der Waals surface area contributed by atoms with E-state index < -0.39 is 6.10 Å². The molecule has 2 unspecified atom stereocenters. The fourth-order valence-electron chi connectivity index (χ4n) is 1.16. The SMILES string of the molecule is C/C=C\CC1C(=O)C=CC1O. The maximum Gasteiger partial charge on any atom is 0.161 e. The molecule has 1 aliphatic rings. The highest BCUT2D eigenvalue weighted by molar-refractivity contribution is 5.95. The molecule has 2 heteroatoms. The number of carbonyl (C=O) groups is 1. The summed E-state index contributed by atoms with van der Waals surface area (Å²) in [6.45, 7) is 1.90. The van der Waals surface area contributed by atoms with Crippen molar-refractivity contribution >= 4 is 5.78 Å². The fourth-order valence-corrected chi connectivity index (χ4v) is 1.16. The second-order valence-electron chi connectivity index (χ2n) is 2.66. The lowest BCUT2D eigenvalue weighted by molar-refractivity contribution is -0.119. The van der Waals surface area contributed by atoms with Gasteiger partial charge in [0.2, 0.25) is 0 Å². The predicted octanol–water partition coefficient (Wildman–Crippen LogP) is 1.07. The summed E-state index contributed by atoms with van der Waals surface area (Å²) in [6, 6.07) is 0. The van der Waals surface area contributed by atoms with Gasteiger partial charge in [-0.3, -0.25) is 4.79 Å². The zero-order chi connectivity index (χ0) is 8.27. The topological polar surface area (TPSA) is 37.3 Å². The molecule has 1 rings (SSSR count). The summed E-state index contributed by atoms with van der Waals surface area (Å²) >= 11 is 0. The van der Waals surface area contributed by atoms with Crippen molar-refractivity contribution in [3.63, 3.8) is 0 Å². The second-order valence-corrected chi connectivity index (χ2v) is 2.66. The van der Waals surface area contributed by atoms with E-state index >= 15 is 0 Å². The van der Waals surface area contributed by atoms with Gasteiger partial charge in [0.15, 0.2) is 5.78 Å². The predicted molar refractivity (Wildman–Crippen MR) is 43.1 cm³/mol. The number of aliphatic hydroxyl groups is 1. The van der Waals surface area contributed by atoms with Crippen LogP contribution in [0.4, 0.5) is 0 Å². The van der Waals surface area contributed by atoms with Gasteiger partial charge in [0.05, 0.1) is 12.0 Å². The van der Waals surface area contributed by atoms with E-state index in [0.717, 1.165) is 0 Å². The third kappa shape index (κ3) is 1.77. The van der Waals surface area contributed by atoms with Gasteiger partial charge in [0.25, 0.3) is 0 Å². The van der Waals surface area contributed by atoms with Crippen LogP contribution in [-0.4, -0.2) is 17.0 Å². The largest absolute Gasteiger partial charge is 0.388 e. The van der Waals surface area contributed by atoms with E-state index in [1.54, 1.807) is 6.08 Å². The third-order valence-electron chi connectivity index (χ3n) is 1.86. The standard InChI is InChI=1S/C9H12O2/c1-2-3-4-7-8(10)5-6-9(7)11/h2-3,5-8,10H,4H2,1H3/b3-2-. The molecule has 0 radical (unpaired) electrons. The minimum Gasteiger partial charge on any atom is -0.388 e. The van der Waals surface area contributed by atoms with Gasteiger partial charge in [-0.2, -0.15) is 0 Å². The Balaban J connectivity index is 2.52. The maximum absolute atomic E-state index is 11.0. The molecule has 0 bridgehead atoms. The molecule has 0 spiro atoms. The van der Waals surface area contributed by atoms with Gasteiger partial charge in [-0.25, -0.2) is 0 Å². The monoisotopic (exact) mass is 152 g/mol. The Kier molecular flexibility index (Phi) is 2.60. The molecule has 2 atom stereocenters. The summed E-state index contributed by atoms with van der Waals surface area (Å²) in [4.78, 5) is 11.0. The second kappa shape index (κ2) is 3.49. The molecule has 0 aliphatic heterocycles. The molecule has 0 aromatic heterocycles. The van der Waals surface area contributed by atoms with Crippen molar-refractivity contribution in [1.29, 1.82) is 0 Å². The first-order chi connectivity index (χ1) is 5.25. The Morgan fingerprint density at radius 2 is 2.45 bits per heavy atom. The van der Waals surface area contributed by atoms with Gasteiger partial charge >= 0.3 is 0 Å². The molecule has 1 N–H and O–H groups in total. The lowest BCUT2D eigenvalue weighted by Gasteiger charge is -2.08. The van der Waals surface area contributed by atoms with Gasteiger partial charge in [-0.1, -0.05) is 18.2 Å². The van der Waals surface area contributed by atoms with Crippen LogP contribution in [0.1, 0.15) is 13.3 Å². The van der Waals surface area contributed by atoms with Crippen LogP contribution in [0.5, 0.6) is 0 Å². The maximum atomic E-state index is 11.0. The molecule has 1 aliphatic carbocycles. The van der Waals surface area contributed by atoms with E-state index in [0.29, 0.717) is 6.42 Å². The minimum atomic E-state index is -0.571. The van der Waals surface area contributed by atoms with Crippen molar-refractivity contribution in [2.75, 3.05) is 0 Å². The molecule has 0 fully saturated rings. The van der Waals surface area contributed by atoms with Crippen molar-refractivity contribution in [3.05, 3.63) is 24.3 Å². The number of ketones is 1. The average Bonchev–Trinajstić information content (AvgIpc) is 2.29. The Morgan fingerprint density at radius 3 is 2.91 bits per heavy atom. The van der Waals surface area contributed by atoms with Crippen molar-refractivity contribution in [2.45, 2.75) is 19.4 Å². The average molecular weight is 152 g/mol. The smallest absolute Gasteiger partial charge is 0.161 e. The zero-order valence-corrected chi connectivity index (χ0v) is 6.53. The van der Waals surface area contributed by atoms with E-state index in [2.05, 4.69) is 0 Å². The quantitative estimate of drug-likeness (QED) is 0.601. The number of rotatable bonds is 2. The lowest BCUT2D eigenvalue weighted by atomic mass is 10.00. The van der Waals surface area contributed by atoms with Gasteiger partial charge in [-0.05, 0) is 19.4 Å². The summed E-state index contributed by atoms with van der Waals surface area (Å²) in [5.74, 6) is -0.193. The Labute approximate surface area is 66.2 Å². The molecular weight excluding hydrogens is 140 g/mol. The number of carbonyl (C=O) groups excluding carboxylic acids is 1. The van der Waals surface area contributed by atoms with Gasteiger partial charge < -0.3 is 5.11 Å². The highest BCUT2D eigenvalue weighted by atomic mass is 16.3. The van der Waals surface area contributed by atoms with E-state index in [9.17, 15) is 9.90 Å². The molecule has 0 aromatic rings. The molecule has 0 saturated heterocycles. The van der Waals surface area contributed by atoms with Crippen molar-refractivity contribution in [3.8, 4) is 0 Å². The van der Waals surface area contributed by atoms with Crippen LogP contribution in [0, 0.1) is 5.92 Å². The molecule has 0 saturated carbocycles. The van der Waals surface area contributed by atoms with Crippen molar-refractivity contribution in [2.24, 2.45) is 5.92 Å². The van der Waals surface area contributed by atoms with Crippen molar-refractivity contribution in [1.82, 2.24) is 0 Å². The summed E-state index contributed by atoms with van der Waals surface area (Å²) in [7, 11) is 0. The number of hydrogen-bond donors (Lipinski definition) is 1. The van der Waals surface area contributed by atoms with Crippen LogP contribution in [0.2, 0.25) is 0 Å². The van der Waals surface area contributed by atoms with E-state index in [4.69, 9.17) is 0 Å². The van der Waals surface area contributed by atoms with Crippen LogP contribution in [-0.2, 0) is 4.79 Å². The van der Waals surface area contributed by atoms with Crippen molar-refractivity contribution < 1.29 is 9.90 Å². The molecule has 0 heterocycles. The fraction of sp³-hybridized carbons (Fsp3) is 0.444.